The molecule has 1 aliphatic rings. The van der Waals surface area contributed by atoms with E-state index >= 15 is 0 Å². The third kappa shape index (κ3) is 4.36. The van der Waals surface area contributed by atoms with Gasteiger partial charge in [-0.2, -0.15) is 0 Å². The number of likely N-dealkylation sites (N-methyl/N-ethyl adjacent to an activating group) is 1. The zero-order valence-electron chi connectivity index (χ0n) is 14.3. The minimum Gasteiger partial charge on any atom is -0.444 e. The number of pyridine rings is 1. The maximum atomic E-state index is 12.1. The van der Waals surface area contributed by atoms with Gasteiger partial charge in [-0.3, -0.25) is 0 Å². The average molecular weight is 305 g/mol. The van der Waals surface area contributed by atoms with Crippen molar-refractivity contribution in [3.63, 3.8) is 0 Å². The number of aryl methyl sites for hydroxylation is 1. The number of anilines is 1. The van der Waals surface area contributed by atoms with E-state index in [2.05, 4.69) is 9.88 Å². The van der Waals surface area contributed by atoms with Crippen LogP contribution in [0.3, 0.4) is 0 Å². The highest BCUT2D eigenvalue weighted by Gasteiger charge is 2.29. The van der Waals surface area contributed by atoms with E-state index in [-0.39, 0.29) is 6.09 Å². The van der Waals surface area contributed by atoms with Crippen molar-refractivity contribution in [2.24, 2.45) is 0 Å². The Kier molecular flexibility index (Phi) is 4.94. The summed E-state index contributed by atoms with van der Waals surface area (Å²) in [5.41, 5.74) is 0.558. The lowest BCUT2D eigenvalue weighted by molar-refractivity contribution is 0.0290. The Labute approximate surface area is 133 Å². The number of aromatic nitrogens is 1. The molecule has 0 radical (unpaired) electrons. The first-order chi connectivity index (χ1) is 10.3. The van der Waals surface area contributed by atoms with Crippen LogP contribution in [0.15, 0.2) is 18.2 Å². The first-order valence-corrected chi connectivity index (χ1v) is 7.91. The molecule has 1 unspecified atom stereocenters. The molecule has 0 N–H and O–H groups in total. The molecule has 1 fully saturated rings. The van der Waals surface area contributed by atoms with E-state index in [9.17, 15) is 4.79 Å². The fourth-order valence-electron chi connectivity index (χ4n) is 2.75. The molecule has 1 atom stereocenters. The van der Waals surface area contributed by atoms with Crippen LogP contribution in [0.1, 0.15) is 39.3 Å². The van der Waals surface area contributed by atoms with E-state index in [1.807, 2.05) is 45.9 Å². The standard InChI is InChI=1S/C17H27N3O2/c1-13-8-6-10-15(18-13)20-11-7-9-14(20)12-19(5)16(21)22-17(2,3)4/h6,8,10,14H,7,9,11-12H2,1-5H3. The zero-order valence-corrected chi connectivity index (χ0v) is 14.3. The Bertz CT molecular complexity index is 525. The molecule has 2 heterocycles. The summed E-state index contributed by atoms with van der Waals surface area (Å²) in [6.45, 7) is 9.31. The fraction of sp³-hybridized carbons (Fsp3) is 0.647. The van der Waals surface area contributed by atoms with E-state index in [1.165, 1.54) is 0 Å². The van der Waals surface area contributed by atoms with Gasteiger partial charge in [0, 0.05) is 31.9 Å². The van der Waals surface area contributed by atoms with Crippen molar-refractivity contribution >= 4 is 11.9 Å². The predicted molar refractivity (Wildman–Crippen MR) is 88.2 cm³/mol. The molecule has 1 aromatic heterocycles. The van der Waals surface area contributed by atoms with Crippen LogP contribution in [0, 0.1) is 6.92 Å². The van der Waals surface area contributed by atoms with Crippen molar-refractivity contribution < 1.29 is 9.53 Å². The number of nitrogens with zero attached hydrogens (tertiary/aromatic N) is 3. The van der Waals surface area contributed by atoms with Gasteiger partial charge in [-0.25, -0.2) is 9.78 Å². The third-order valence-electron chi connectivity index (χ3n) is 3.73. The maximum Gasteiger partial charge on any atom is 0.410 e. The van der Waals surface area contributed by atoms with Crippen LogP contribution in [-0.2, 0) is 4.74 Å². The van der Waals surface area contributed by atoms with E-state index in [1.54, 1.807) is 11.9 Å². The molecule has 1 aliphatic heterocycles. The summed E-state index contributed by atoms with van der Waals surface area (Å²) in [4.78, 5) is 20.7. The summed E-state index contributed by atoms with van der Waals surface area (Å²) in [6, 6.07) is 6.37. The fourth-order valence-corrected chi connectivity index (χ4v) is 2.75. The minimum absolute atomic E-state index is 0.267. The highest BCUT2D eigenvalue weighted by atomic mass is 16.6. The van der Waals surface area contributed by atoms with Crippen LogP contribution in [0.25, 0.3) is 0 Å². The summed E-state index contributed by atoms with van der Waals surface area (Å²) >= 11 is 0. The molecule has 0 aromatic carbocycles. The van der Waals surface area contributed by atoms with Gasteiger partial charge in [0.2, 0.25) is 0 Å². The summed E-state index contributed by atoms with van der Waals surface area (Å²) in [6.07, 6.45) is 1.93. The van der Waals surface area contributed by atoms with Crippen molar-refractivity contribution in [1.29, 1.82) is 0 Å². The Morgan fingerprint density at radius 1 is 1.45 bits per heavy atom. The zero-order chi connectivity index (χ0) is 16.3. The van der Waals surface area contributed by atoms with Crippen molar-refractivity contribution in [3.8, 4) is 0 Å². The molecular weight excluding hydrogens is 278 g/mol. The van der Waals surface area contributed by atoms with Crippen molar-refractivity contribution in [2.75, 3.05) is 25.0 Å². The quantitative estimate of drug-likeness (QED) is 0.860. The second-order valence-electron chi connectivity index (χ2n) is 6.99. The monoisotopic (exact) mass is 305 g/mol. The number of amides is 1. The van der Waals surface area contributed by atoms with Crippen LogP contribution in [0.5, 0.6) is 0 Å². The second-order valence-corrected chi connectivity index (χ2v) is 6.99. The van der Waals surface area contributed by atoms with E-state index in [0.717, 1.165) is 30.9 Å². The molecule has 122 valence electrons. The van der Waals surface area contributed by atoms with Crippen molar-refractivity contribution in [1.82, 2.24) is 9.88 Å². The van der Waals surface area contributed by atoms with Crippen LogP contribution >= 0.6 is 0 Å². The lowest BCUT2D eigenvalue weighted by Crippen LogP contribution is -2.43. The number of hydrogen-bond acceptors (Lipinski definition) is 4. The van der Waals surface area contributed by atoms with Gasteiger partial charge in [0.05, 0.1) is 0 Å². The van der Waals surface area contributed by atoms with E-state index in [4.69, 9.17) is 4.74 Å². The normalized spacial score (nSPS) is 18.4. The molecule has 0 saturated carbocycles. The molecule has 0 aliphatic carbocycles. The second kappa shape index (κ2) is 6.55. The van der Waals surface area contributed by atoms with E-state index < -0.39 is 5.60 Å². The number of carbonyl (C=O) groups excluding carboxylic acids is 1. The highest BCUT2D eigenvalue weighted by molar-refractivity contribution is 5.67. The third-order valence-corrected chi connectivity index (χ3v) is 3.73. The lowest BCUT2D eigenvalue weighted by atomic mass is 10.2. The summed E-state index contributed by atoms with van der Waals surface area (Å²) in [5.74, 6) is 1.00. The van der Waals surface area contributed by atoms with Gasteiger partial charge in [0.25, 0.3) is 0 Å². The molecule has 2 rings (SSSR count). The van der Waals surface area contributed by atoms with Gasteiger partial charge in [0.1, 0.15) is 11.4 Å². The number of hydrogen-bond donors (Lipinski definition) is 0. The average Bonchev–Trinajstić information content (AvgIpc) is 2.84. The molecule has 1 amide bonds. The summed E-state index contributed by atoms with van der Waals surface area (Å²) < 4.78 is 5.42. The Morgan fingerprint density at radius 3 is 2.82 bits per heavy atom. The maximum absolute atomic E-state index is 12.1. The number of rotatable bonds is 3. The van der Waals surface area contributed by atoms with Gasteiger partial charge in [0.15, 0.2) is 0 Å². The first-order valence-electron chi connectivity index (χ1n) is 7.91. The van der Waals surface area contributed by atoms with Crippen LogP contribution < -0.4 is 4.90 Å². The number of carbonyl (C=O) groups is 1. The molecule has 5 heteroatoms. The smallest absolute Gasteiger partial charge is 0.410 e. The van der Waals surface area contributed by atoms with Gasteiger partial charge in [-0.1, -0.05) is 6.07 Å². The lowest BCUT2D eigenvalue weighted by Gasteiger charge is -2.31. The Morgan fingerprint density at radius 2 is 2.18 bits per heavy atom. The topological polar surface area (TPSA) is 45.7 Å². The molecular formula is C17H27N3O2. The van der Waals surface area contributed by atoms with Gasteiger partial charge in [-0.15, -0.1) is 0 Å². The summed E-state index contributed by atoms with van der Waals surface area (Å²) in [7, 11) is 1.80. The van der Waals surface area contributed by atoms with Crippen molar-refractivity contribution in [2.45, 2.75) is 52.2 Å². The van der Waals surface area contributed by atoms with Crippen LogP contribution in [0.4, 0.5) is 10.6 Å². The molecule has 0 spiro atoms. The predicted octanol–water partition coefficient (Wildman–Crippen LogP) is 3.23. The van der Waals surface area contributed by atoms with Gasteiger partial charge < -0.3 is 14.5 Å². The Balaban J connectivity index is 2.01. The van der Waals surface area contributed by atoms with Crippen LogP contribution in [-0.4, -0.2) is 47.8 Å². The van der Waals surface area contributed by atoms with E-state index in [0.29, 0.717) is 12.6 Å². The molecule has 0 bridgehead atoms. The van der Waals surface area contributed by atoms with Crippen molar-refractivity contribution in [3.05, 3.63) is 23.9 Å². The minimum atomic E-state index is -0.460. The molecule has 22 heavy (non-hydrogen) atoms. The molecule has 1 saturated heterocycles. The molecule has 1 aromatic rings. The van der Waals surface area contributed by atoms with Gasteiger partial charge >= 0.3 is 6.09 Å². The number of ether oxygens (including phenoxy) is 1. The SMILES string of the molecule is Cc1cccc(N2CCCC2CN(C)C(=O)OC(C)(C)C)n1. The van der Waals surface area contributed by atoms with Gasteiger partial charge in [-0.05, 0) is 52.7 Å². The highest BCUT2D eigenvalue weighted by Crippen LogP contribution is 2.24. The first kappa shape index (κ1) is 16.6. The Hall–Kier alpha value is -1.78. The summed E-state index contributed by atoms with van der Waals surface area (Å²) in [5, 5.41) is 0. The molecule has 5 nitrogen and oxygen atoms in total. The largest absolute Gasteiger partial charge is 0.444 e. The van der Waals surface area contributed by atoms with Crippen LogP contribution in [0.2, 0.25) is 0 Å².